The Morgan fingerprint density at radius 1 is 0.889 bits per heavy atom. The summed E-state index contributed by atoms with van der Waals surface area (Å²) in [6.07, 6.45) is 7.05. The zero-order chi connectivity index (χ0) is 31.8. The van der Waals surface area contributed by atoms with E-state index < -0.39 is 0 Å². The van der Waals surface area contributed by atoms with Crippen LogP contribution in [0.3, 0.4) is 0 Å². The Labute approximate surface area is 268 Å². The van der Waals surface area contributed by atoms with Gasteiger partial charge in [0, 0.05) is 37.9 Å². The highest BCUT2D eigenvalue weighted by molar-refractivity contribution is 5.90. The molecule has 6 rings (SSSR count). The van der Waals surface area contributed by atoms with E-state index in [1.165, 1.54) is 0 Å². The van der Waals surface area contributed by atoms with Gasteiger partial charge >= 0.3 is 11.9 Å². The van der Waals surface area contributed by atoms with E-state index in [1.54, 1.807) is 7.11 Å². The average molecular weight is 615 g/mol. The van der Waals surface area contributed by atoms with Crippen molar-refractivity contribution < 1.29 is 28.6 Å². The number of fused-ring (bicyclic) bond motifs is 5. The molecule has 4 aliphatic carbocycles. The van der Waals surface area contributed by atoms with E-state index in [0.717, 1.165) is 51.6 Å². The summed E-state index contributed by atoms with van der Waals surface area (Å²) in [7, 11) is 1.75. The maximum absolute atomic E-state index is 13.7. The van der Waals surface area contributed by atoms with Crippen LogP contribution in [0.25, 0.3) is 0 Å². The van der Waals surface area contributed by atoms with E-state index in [4.69, 9.17) is 14.2 Å². The molecule has 0 N–H and O–H groups in total. The van der Waals surface area contributed by atoms with Crippen LogP contribution in [0.4, 0.5) is 0 Å². The van der Waals surface area contributed by atoms with Gasteiger partial charge in [-0.1, -0.05) is 57.2 Å². The molecule has 4 fully saturated rings. The Balaban J connectivity index is 1.39. The van der Waals surface area contributed by atoms with Crippen LogP contribution in [0.1, 0.15) is 99.3 Å². The topological polar surface area (TPSA) is 78.9 Å². The minimum atomic E-state index is -0.285. The fraction of sp³-hybridized carbons (Fsp3) is 0.615. The van der Waals surface area contributed by atoms with E-state index in [9.17, 15) is 14.4 Å². The molecule has 4 saturated carbocycles. The first-order chi connectivity index (χ1) is 21.7. The van der Waals surface area contributed by atoms with Gasteiger partial charge in [-0.3, -0.25) is 4.79 Å². The van der Waals surface area contributed by atoms with Crippen molar-refractivity contribution in [3.05, 3.63) is 71.8 Å². The first-order valence-corrected chi connectivity index (χ1v) is 17.2. The molecular weight excluding hydrogens is 564 g/mol. The zero-order valence-electron chi connectivity index (χ0n) is 27.4. The maximum Gasteiger partial charge on any atom is 0.338 e. The predicted octanol–water partition coefficient (Wildman–Crippen LogP) is 7.95. The quantitative estimate of drug-likeness (QED) is 0.211. The molecule has 1 unspecified atom stereocenters. The molecule has 2 aromatic rings. The lowest BCUT2D eigenvalue weighted by Gasteiger charge is -2.63. The molecule has 0 heterocycles. The highest BCUT2D eigenvalue weighted by Gasteiger charge is 2.67. The molecule has 0 aliphatic heterocycles. The summed E-state index contributed by atoms with van der Waals surface area (Å²) in [6.45, 7) is 7.84. The number of methoxy groups -OCH3 is 1. The Morgan fingerprint density at radius 2 is 1.53 bits per heavy atom. The number of hydrogen-bond donors (Lipinski definition) is 0. The predicted molar refractivity (Wildman–Crippen MR) is 173 cm³/mol. The molecule has 6 nitrogen and oxygen atoms in total. The number of ketones is 1. The van der Waals surface area contributed by atoms with Crippen molar-refractivity contribution >= 4 is 17.7 Å². The number of hydrogen-bond acceptors (Lipinski definition) is 6. The molecule has 0 radical (unpaired) electrons. The van der Waals surface area contributed by atoms with Gasteiger partial charge in [0.05, 0.1) is 11.1 Å². The molecule has 0 saturated heterocycles. The average Bonchev–Trinajstić information content (AvgIpc) is 3.41. The van der Waals surface area contributed by atoms with Crippen LogP contribution in [0, 0.1) is 46.3 Å². The van der Waals surface area contributed by atoms with E-state index in [0.29, 0.717) is 41.6 Å². The van der Waals surface area contributed by atoms with Gasteiger partial charge in [-0.25, -0.2) is 9.59 Å². The van der Waals surface area contributed by atoms with Gasteiger partial charge in [0.2, 0.25) is 0 Å². The first-order valence-electron chi connectivity index (χ1n) is 17.2. The monoisotopic (exact) mass is 614 g/mol. The number of benzene rings is 2. The van der Waals surface area contributed by atoms with Crippen molar-refractivity contribution in [3.63, 3.8) is 0 Å². The molecule has 0 bridgehead atoms. The largest absolute Gasteiger partial charge is 0.458 e. The second kappa shape index (κ2) is 13.0. The Morgan fingerprint density at radius 3 is 2.18 bits per heavy atom. The summed E-state index contributed by atoms with van der Waals surface area (Å²) in [6, 6.07) is 18.6. The van der Waals surface area contributed by atoms with Crippen molar-refractivity contribution in [2.75, 3.05) is 13.7 Å². The number of ether oxygens (including phenoxy) is 3. The van der Waals surface area contributed by atoms with Crippen LogP contribution in [-0.2, 0) is 19.0 Å². The first kappa shape index (κ1) is 32.0. The molecule has 0 amide bonds. The molecule has 0 aromatic heterocycles. The van der Waals surface area contributed by atoms with Gasteiger partial charge in [-0.15, -0.1) is 0 Å². The van der Waals surface area contributed by atoms with Gasteiger partial charge in [0.25, 0.3) is 0 Å². The van der Waals surface area contributed by atoms with E-state index in [-0.39, 0.29) is 58.6 Å². The fourth-order valence-electron chi connectivity index (χ4n) is 10.5. The Kier molecular flexibility index (Phi) is 9.25. The minimum absolute atomic E-state index is 0.0743. The zero-order valence-corrected chi connectivity index (χ0v) is 27.4. The van der Waals surface area contributed by atoms with Crippen molar-refractivity contribution in [1.29, 1.82) is 0 Å². The summed E-state index contributed by atoms with van der Waals surface area (Å²) < 4.78 is 18.6. The molecule has 242 valence electrons. The fourth-order valence-corrected chi connectivity index (χ4v) is 10.5. The minimum Gasteiger partial charge on any atom is -0.458 e. The summed E-state index contributed by atoms with van der Waals surface area (Å²) in [5, 5.41) is 0. The smallest absolute Gasteiger partial charge is 0.338 e. The van der Waals surface area contributed by atoms with Crippen molar-refractivity contribution in [1.82, 2.24) is 0 Å². The number of rotatable bonds is 9. The number of esters is 2. The lowest BCUT2D eigenvalue weighted by Crippen LogP contribution is -2.63. The van der Waals surface area contributed by atoms with Gasteiger partial charge in [0.1, 0.15) is 18.0 Å². The number of carbonyl (C=O) groups is 3. The van der Waals surface area contributed by atoms with Gasteiger partial charge in [0.15, 0.2) is 0 Å². The van der Waals surface area contributed by atoms with Crippen molar-refractivity contribution in [3.8, 4) is 0 Å². The van der Waals surface area contributed by atoms with Crippen LogP contribution < -0.4 is 0 Å². The van der Waals surface area contributed by atoms with Crippen LogP contribution in [0.15, 0.2) is 60.7 Å². The normalized spacial score (nSPS) is 36.3. The lowest BCUT2D eigenvalue weighted by atomic mass is 9.43. The summed E-state index contributed by atoms with van der Waals surface area (Å²) in [5.41, 5.74) is 0.803. The third kappa shape index (κ3) is 5.88. The SMILES string of the molecule is COCCCC(C)[C@H]1CC[C@H]2[C@@H]3[C@H](OC(=O)c4ccccc4)C[C@@H]4CC(=O)CC[C@]4(C)[C@H]3C[C@H](OC(=O)c3ccccc3)[C@]12C. The van der Waals surface area contributed by atoms with Gasteiger partial charge in [-0.2, -0.15) is 0 Å². The molecule has 6 heteroatoms. The lowest BCUT2D eigenvalue weighted by molar-refractivity contribution is -0.201. The van der Waals surface area contributed by atoms with Crippen LogP contribution in [0.2, 0.25) is 0 Å². The third-order valence-electron chi connectivity index (χ3n) is 12.8. The summed E-state index contributed by atoms with van der Waals surface area (Å²) >= 11 is 0. The summed E-state index contributed by atoms with van der Waals surface area (Å²) in [4.78, 5) is 40.1. The Hall–Kier alpha value is -2.99. The van der Waals surface area contributed by atoms with Gasteiger partial charge < -0.3 is 14.2 Å². The highest BCUT2D eigenvalue weighted by Crippen LogP contribution is 2.69. The van der Waals surface area contributed by atoms with E-state index >= 15 is 0 Å². The van der Waals surface area contributed by atoms with Crippen LogP contribution in [-0.4, -0.2) is 43.6 Å². The van der Waals surface area contributed by atoms with Crippen molar-refractivity contribution in [2.24, 2.45) is 46.3 Å². The number of carbonyl (C=O) groups excluding carboxylic acids is 3. The molecule has 4 aliphatic rings. The second-order valence-electron chi connectivity index (χ2n) is 14.9. The molecule has 45 heavy (non-hydrogen) atoms. The Bertz CT molecular complexity index is 1360. The van der Waals surface area contributed by atoms with E-state index in [2.05, 4.69) is 20.8 Å². The molecule has 10 atom stereocenters. The van der Waals surface area contributed by atoms with Crippen molar-refractivity contribution in [2.45, 2.75) is 90.8 Å². The third-order valence-corrected chi connectivity index (χ3v) is 12.8. The molecule has 0 spiro atoms. The highest BCUT2D eigenvalue weighted by atomic mass is 16.5. The summed E-state index contributed by atoms with van der Waals surface area (Å²) in [5.74, 6) is 1.30. The molecule has 2 aromatic carbocycles. The second-order valence-corrected chi connectivity index (χ2v) is 14.9. The van der Waals surface area contributed by atoms with Crippen LogP contribution in [0.5, 0.6) is 0 Å². The van der Waals surface area contributed by atoms with Crippen LogP contribution >= 0.6 is 0 Å². The van der Waals surface area contributed by atoms with Gasteiger partial charge in [-0.05, 0) is 104 Å². The van der Waals surface area contributed by atoms with E-state index in [1.807, 2.05) is 60.7 Å². The number of Topliss-reactive ketones (excluding diaryl/α,β-unsaturated/α-hetero) is 1. The standard InChI is InChI=1S/C39H50O6/c1-25(12-11-21-43-4)30-17-18-31-35-32(24-34(39(30,31)3)45-37(42)27-15-9-6-10-16-27)38(2)20-19-29(40)22-28(38)23-33(35)44-36(41)26-13-7-5-8-14-26/h5-10,13-16,25,28,30-35H,11-12,17-24H2,1-4H3/t25?,28-,30+,31-,32-,33+,34-,35-,38-,39+/m0/s1. The molecular formula is C39H50O6. The maximum atomic E-state index is 13.7.